The van der Waals surface area contributed by atoms with Gasteiger partial charge in [0.1, 0.15) is 11.5 Å². The summed E-state index contributed by atoms with van der Waals surface area (Å²) in [5, 5.41) is 0. The molecule has 1 heterocycles. The molecule has 1 unspecified atom stereocenters. The maximum atomic E-state index is 11.1. The van der Waals surface area contributed by atoms with Crippen molar-refractivity contribution < 1.29 is 19.0 Å². The first kappa shape index (κ1) is 12.7. The van der Waals surface area contributed by atoms with Crippen LogP contribution in [-0.4, -0.2) is 26.8 Å². The van der Waals surface area contributed by atoms with E-state index in [-0.39, 0.29) is 11.9 Å². The molecular weight excluding hydrogens is 232 g/mol. The Morgan fingerprint density at radius 1 is 1.22 bits per heavy atom. The Balaban J connectivity index is 2.38. The molecule has 98 valence electrons. The van der Waals surface area contributed by atoms with Gasteiger partial charge in [0.2, 0.25) is 0 Å². The Morgan fingerprint density at radius 3 is 2.28 bits per heavy atom. The van der Waals surface area contributed by atoms with E-state index < -0.39 is 0 Å². The monoisotopic (exact) mass is 250 g/mol. The van der Waals surface area contributed by atoms with Crippen molar-refractivity contribution in [2.75, 3.05) is 20.8 Å². The van der Waals surface area contributed by atoms with E-state index in [0.717, 1.165) is 29.0 Å². The van der Waals surface area contributed by atoms with Gasteiger partial charge in [-0.25, -0.2) is 0 Å². The lowest BCUT2D eigenvalue weighted by molar-refractivity contribution is -0.147. The van der Waals surface area contributed by atoms with Gasteiger partial charge in [-0.15, -0.1) is 0 Å². The quantitative estimate of drug-likeness (QED) is 0.773. The summed E-state index contributed by atoms with van der Waals surface area (Å²) in [4.78, 5) is 11.1. The predicted octanol–water partition coefficient (Wildman–Crippen LogP) is 2.43. The highest BCUT2D eigenvalue weighted by Gasteiger charge is 2.27. The molecule has 1 fully saturated rings. The van der Waals surface area contributed by atoms with Gasteiger partial charge in [-0.3, -0.25) is 4.79 Å². The number of hydrogen-bond acceptors (Lipinski definition) is 4. The highest BCUT2D eigenvalue weighted by molar-refractivity contribution is 5.70. The molecule has 4 nitrogen and oxygen atoms in total. The van der Waals surface area contributed by atoms with Crippen LogP contribution in [0.2, 0.25) is 0 Å². The largest absolute Gasteiger partial charge is 0.496 e. The van der Waals surface area contributed by atoms with E-state index in [2.05, 4.69) is 0 Å². The summed E-state index contributed by atoms with van der Waals surface area (Å²) in [7, 11) is 3.29. The van der Waals surface area contributed by atoms with Gasteiger partial charge in [-0.1, -0.05) is 0 Å². The van der Waals surface area contributed by atoms with Gasteiger partial charge in [0.25, 0.3) is 0 Å². The van der Waals surface area contributed by atoms with Crippen LogP contribution in [-0.2, 0) is 9.53 Å². The number of hydrogen-bond donors (Lipinski definition) is 0. The van der Waals surface area contributed by atoms with Crippen LogP contribution in [0.25, 0.3) is 0 Å². The van der Waals surface area contributed by atoms with Crippen molar-refractivity contribution in [2.45, 2.75) is 25.7 Å². The first-order valence-electron chi connectivity index (χ1n) is 6.04. The van der Waals surface area contributed by atoms with Gasteiger partial charge in [0.15, 0.2) is 0 Å². The van der Waals surface area contributed by atoms with Crippen molar-refractivity contribution in [3.63, 3.8) is 0 Å². The maximum absolute atomic E-state index is 11.1. The van der Waals surface area contributed by atoms with Crippen LogP contribution in [0.15, 0.2) is 12.1 Å². The number of ether oxygens (including phenoxy) is 3. The molecule has 18 heavy (non-hydrogen) atoms. The molecule has 0 amide bonds. The normalized spacial score (nSPS) is 19.3. The second kappa shape index (κ2) is 5.29. The van der Waals surface area contributed by atoms with Crippen LogP contribution in [0.3, 0.4) is 0 Å². The van der Waals surface area contributed by atoms with Crippen LogP contribution in [0.1, 0.15) is 29.9 Å². The number of rotatable bonds is 3. The first-order valence-corrected chi connectivity index (χ1v) is 6.04. The van der Waals surface area contributed by atoms with E-state index in [1.54, 1.807) is 14.2 Å². The Labute approximate surface area is 107 Å². The van der Waals surface area contributed by atoms with Gasteiger partial charge in [0, 0.05) is 17.9 Å². The molecule has 1 aliphatic rings. The fraction of sp³-hybridized carbons (Fsp3) is 0.500. The second-order valence-electron chi connectivity index (χ2n) is 4.50. The number of methoxy groups -OCH3 is 2. The summed E-state index contributed by atoms with van der Waals surface area (Å²) < 4.78 is 16.0. The van der Waals surface area contributed by atoms with Crippen molar-refractivity contribution in [3.05, 3.63) is 23.3 Å². The Kier molecular flexibility index (Phi) is 3.75. The zero-order valence-corrected chi connectivity index (χ0v) is 11.0. The summed E-state index contributed by atoms with van der Waals surface area (Å²) in [5.74, 6) is 1.62. The average Bonchev–Trinajstić information content (AvgIpc) is 2.39. The zero-order chi connectivity index (χ0) is 13.1. The zero-order valence-electron chi connectivity index (χ0n) is 11.0. The molecule has 0 aromatic heterocycles. The lowest BCUT2D eigenvalue weighted by Gasteiger charge is -2.25. The van der Waals surface area contributed by atoms with E-state index in [0.29, 0.717) is 13.0 Å². The Hall–Kier alpha value is -1.71. The van der Waals surface area contributed by atoms with Crippen molar-refractivity contribution >= 4 is 5.97 Å². The molecule has 1 aliphatic heterocycles. The number of carbonyl (C=O) groups excluding carboxylic acids is 1. The average molecular weight is 250 g/mol. The van der Waals surface area contributed by atoms with Gasteiger partial charge in [-0.2, -0.15) is 0 Å². The number of cyclic esters (lactones) is 1. The third-order valence-corrected chi connectivity index (χ3v) is 3.24. The molecule has 2 rings (SSSR count). The third kappa shape index (κ3) is 2.42. The maximum Gasteiger partial charge on any atom is 0.305 e. The first-order chi connectivity index (χ1) is 8.65. The highest BCUT2D eigenvalue weighted by Crippen LogP contribution is 2.40. The molecule has 0 radical (unpaired) electrons. The summed E-state index contributed by atoms with van der Waals surface area (Å²) in [6, 6.07) is 3.96. The minimum absolute atomic E-state index is 0.128. The Bertz CT molecular complexity index is 418. The van der Waals surface area contributed by atoms with E-state index in [9.17, 15) is 4.79 Å². The second-order valence-corrected chi connectivity index (χ2v) is 4.50. The van der Waals surface area contributed by atoms with Crippen LogP contribution in [0.4, 0.5) is 0 Å². The number of benzene rings is 1. The van der Waals surface area contributed by atoms with Gasteiger partial charge in [0.05, 0.1) is 20.8 Å². The molecule has 0 N–H and O–H groups in total. The van der Waals surface area contributed by atoms with E-state index in [1.165, 1.54) is 0 Å². The summed E-state index contributed by atoms with van der Waals surface area (Å²) >= 11 is 0. The number of carbonyl (C=O) groups is 1. The summed E-state index contributed by atoms with van der Waals surface area (Å²) in [5.41, 5.74) is 2.08. The van der Waals surface area contributed by atoms with Crippen molar-refractivity contribution in [1.29, 1.82) is 0 Å². The lowest BCUT2D eigenvalue weighted by atomic mass is 9.91. The molecule has 1 aromatic rings. The smallest absolute Gasteiger partial charge is 0.305 e. The topological polar surface area (TPSA) is 44.8 Å². The van der Waals surface area contributed by atoms with Crippen LogP contribution < -0.4 is 9.47 Å². The molecule has 1 aromatic carbocycles. The number of esters is 1. The van der Waals surface area contributed by atoms with E-state index >= 15 is 0 Å². The molecule has 0 bridgehead atoms. The van der Waals surface area contributed by atoms with E-state index in [1.807, 2.05) is 19.1 Å². The standard InChI is InChI=1S/C14H18O4/c1-9-6-11(16-2)14(12(7-9)17-3)10-4-5-13(15)18-8-10/h6-7,10H,4-5,8H2,1-3H3. The van der Waals surface area contributed by atoms with E-state index in [4.69, 9.17) is 14.2 Å². The lowest BCUT2D eigenvalue weighted by Crippen LogP contribution is -2.21. The fourth-order valence-electron chi connectivity index (χ4n) is 2.34. The molecule has 4 heteroatoms. The van der Waals surface area contributed by atoms with Crippen LogP contribution in [0.5, 0.6) is 11.5 Å². The summed E-state index contributed by atoms with van der Waals surface area (Å²) in [6.45, 7) is 2.39. The van der Waals surface area contributed by atoms with Gasteiger partial charge in [-0.05, 0) is 31.0 Å². The van der Waals surface area contributed by atoms with Crippen molar-refractivity contribution in [2.24, 2.45) is 0 Å². The number of aryl methyl sites for hydroxylation is 1. The van der Waals surface area contributed by atoms with Crippen molar-refractivity contribution in [1.82, 2.24) is 0 Å². The Morgan fingerprint density at radius 2 is 1.83 bits per heavy atom. The molecule has 0 spiro atoms. The SMILES string of the molecule is COc1cc(C)cc(OC)c1C1CCC(=O)OC1. The van der Waals surface area contributed by atoms with Gasteiger partial charge >= 0.3 is 5.97 Å². The predicted molar refractivity (Wildman–Crippen MR) is 67.2 cm³/mol. The molecular formula is C14H18O4. The van der Waals surface area contributed by atoms with Crippen molar-refractivity contribution in [3.8, 4) is 11.5 Å². The van der Waals surface area contributed by atoms with Gasteiger partial charge < -0.3 is 14.2 Å². The summed E-state index contributed by atoms with van der Waals surface area (Å²) in [6.07, 6.45) is 1.22. The van der Waals surface area contributed by atoms with Crippen LogP contribution in [0, 0.1) is 6.92 Å². The molecule has 1 saturated heterocycles. The molecule has 1 atom stereocenters. The minimum Gasteiger partial charge on any atom is -0.496 e. The third-order valence-electron chi connectivity index (χ3n) is 3.24. The minimum atomic E-state index is -0.128. The molecule has 0 aliphatic carbocycles. The molecule has 0 saturated carbocycles. The fourth-order valence-corrected chi connectivity index (χ4v) is 2.34. The highest BCUT2D eigenvalue weighted by atomic mass is 16.5. The van der Waals surface area contributed by atoms with Crippen LogP contribution >= 0.6 is 0 Å².